The molecule has 3 fully saturated rings. The molecule has 17 nitrogen and oxygen atoms in total. The lowest BCUT2D eigenvalue weighted by atomic mass is 9.87. The van der Waals surface area contributed by atoms with Gasteiger partial charge in [-0.2, -0.15) is 0 Å². The summed E-state index contributed by atoms with van der Waals surface area (Å²) in [6.07, 6.45) is 35.2. The fourth-order valence-corrected chi connectivity index (χ4v) is 10.2. The molecular formula is C67H119N17. The molecule has 0 amide bonds. The smallest absolute Gasteiger partial charge is 0.223 e. The Labute approximate surface area is 511 Å². The quantitative estimate of drug-likeness (QED) is 0.0676. The van der Waals surface area contributed by atoms with Crippen molar-refractivity contribution in [3.8, 4) is 0 Å². The third kappa shape index (κ3) is 28.2. The van der Waals surface area contributed by atoms with Crippen molar-refractivity contribution >= 4 is 64.4 Å². The lowest BCUT2D eigenvalue weighted by Crippen LogP contribution is -2.26. The van der Waals surface area contributed by atoms with Crippen LogP contribution in [-0.2, 0) is 33.4 Å². The van der Waals surface area contributed by atoms with Crippen LogP contribution in [0.3, 0.4) is 0 Å². The second-order valence-electron chi connectivity index (χ2n) is 21.7. The summed E-state index contributed by atoms with van der Waals surface area (Å²) in [7, 11) is 11.1. The maximum absolute atomic E-state index is 4.98. The number of fused-ring (bicyclic) bond motifs is 1. The van der Waals surface area contributed by atoms with Crippen LogP contribution in [0.15, 0.2) is 62.4 Å². The molecule has 3 saturated carbocycles. The van der Waals surface area contributed by atoms with Crippen molar-refractivity contribution in [1.29, 1.82) is 0 Å². The molecule has 0 spiro atoms. The van der Waals surface area contributed by atoms with Gasteiger partial charge in [-0.1, -0.05) is 109 Å². The Morgan fingerprint density at radius 1 is 0.643 bits per heavy atom. The minimum Gasteiger partial charge on any atom is -0.370 e. The molecule has 3 N–H and O–H groups in total. The van der Waals surface area contributed by atoms with Crippen LogP contribution in [0.1, 0.15) is 216 Å². The monoisotopic (exact) mass is 1160 g/mol. The maximum Gasteiger partial charge on any atom is 0.223 e. The molecule has 0 saturated heterocycles. The molecule has 0 radical (unpaired) electrons. The Hall–Kier alpha value is -6.13. The van der Waals surface area contributed by atoms with E-state index in [4.69, 9.17) is 15.0 Å². The van der Waals surface area contributed by atoms with E-state index in [0.717, 1.165) is 120 Å². The minimum absolute atomic E-state index is 0.488. The number of nitrogens with zero attached hydrogens (tertiary/aromatic N) is 14. The number of hydrogen-bond acceptors (Lipinski definition) is 14. The van der Waals surface area contributed by atoms with E-state index in [-0.39, 0.29) is 0 Å². The number of pyridine rings is 1. The summed E-state index contributed by atoms with van der Waals surface area (Å²) >= 11 is 0. The van der Waals surface area contributed by atoms with E-state index in [9.17, 15) is 0 Å². The molecule has 17 heteroatoms. The number of rotatable bonds is 19. The molecule has 0 aliphatic heterocycles. The van der Waals surface area contributed by atoms with Gasteiger partial charge in [0, 0.05) is 117 Å². The molecule has 0 bridgehead atoms. The maximum atomic E-state index is 4.98. The molecule has 84 heavy (non-hydrogen) atoms. The highest BCUT2D eigenvalue weighted by Crippen LogP contribution is 2.38. The van der Waals surface area contributed by atoms with Crippen molar-refractivity contribution in [3.63, 3.8) is 0 Å². The molecule has 5 heterocycles. The highest BCUT2D eigenvalue weighted by Gasteiger charge is 2.27. The number of aliphatic imine (C=N–C) groups is 5. The van der Waals surface area contributed by atoms with E-state index in [1.807, 2.05) is 110 Å². The minimum atomic E-state index is 0.488. The number of anilines is 3. The van der Waals surface area contributed by atoms with Crippen molar-refractivity contribution in [2.24, 2.45) is 62.7 Å². The fraction of sp³-hybridized carbons (Fsp3) is 0.687. The van der Waals surface area contributed by atoms with Gasteiger partial charge in [0.25, 0.3) is 0 Å². The molecule has 5 aromatic heterocycles. The van der Waals surface area contributed by atoms with Crippen LogP contribution >= 0.6 is 0 Å². The van der Waals surface area contributed by atoms with Gasteiger partial charge < -0.3 is 29.7 Å². The molecule has 472 valence electrons. The summed E-state index contributed by atoms with van der Waals surface area (Å²) in [6.45, 7) is 33.1. The number of aryl methyl sites for hydroxylation is 3. The van der Waals surface area contributed by atoms with Gasteiger partial charge in [-0.15, -0.1) is 0 Å². The zero-order chi connectivity index (χ0) is 62.8. The highest BCUT2D eigenvalue weighted by molar-refractivity contribution is 6.30. The van der Waals surface area contributed by atoms with E-state index < -0.39 is 0 Å². The van der Waals surface area contributed by atoms with Crippen LogP contribution in [0.5, 0.6) is 0 Å². The molecule has 5 aromatic rings. The summed E-state index contributed by atoms with van der Waals surface area (Å²) in [5, 5.41) is 10.7. The van der Waals surface area contributed by atoms with Gasteiger partial charge in [-0.05, 0) is 115 Å². The lowest BCUT2D eigenvalue weighted by molar-refractivity contribution is 0.361. The van der Waals surface area contributed by atoms with Crippen LogP contribution in [0.2, 0.25) is 0 Å². The van der Waals surface area contributed by atoms with E-state index in [1.165, 1.54) is 82.6 Å². The van der Waals surface area contributed by atoms with E-state index in [1.54, 1.807) is 40.6 Å². The number of unbranched alkanes of at least 4 members (excludes halogenated alkanes) is 1. The second-order valence-corrected chi connectivity index (χ2v) is 21.7. The third-order valence-electron chi connectivity index (χ3n) is 14.9. The van der Waals surface area contributed by atoms with Gasteiger partial charge in [-0.3, -0.25) is 25.0 Å². The Morgan fingerprint density at radius 3 is 1.62 bits per heavy atom. The Balaban J connectivity index is 0.000000602. The van der Waals surface area contributed by atoms with Gasteiger partial charge >= 0.3 is 0 Å². The Morgan fingerprint density at radius 2 is 1.18 bits per heavy atom. The zero-order valence-corrected chi connectivity index (χ0v) is 56.9. The van der Waals surface area contributed by atoms with E-state index in [0.29, 0.717) is 23.9 Å². The topological polar surface area (TPSA) is 190 Å². The summed E-state index contributed by atoms with van der Waals surface area (Å²) in [6, 6.07) is 3.22. The SMILES string of the molecule is CC.CC.CC.CC1CCC(Nc2nc(NCCc3cn(C)cn3)cc3c2ncn3C2CC[C@@H](C)C2)CC1.CC=Nc1c(C)nc(NCCc2cn(C)cn2)nc1C[C@H]1CCC(C)C1.CCC(C=NC)=NC.CCC(C=NC)=NC.CCCC. The largest absolute Gasteiger partial charge is 0.370 e. The predicted molar refractivity (Wildman–Crippen MR) is 367 cm³/mol. The molecular weight excluding hydrogens is 1040 g/mol. The van der Waals surface area contributed by atoms with Crippen LogP contribution in [0.4, 0.5) is 23.3 Å². The van der Waals surface area contributed by atoms with Crippen molar-refractivity contribution in [2.45, 2.75) is 225 Å². The fourth-order valence-electron chi connectivity index (χ4n) is 10.2. The van der Waals surface area contributed by atoms with Crippen LogP contribution < -0.4 is 16.0 Å². The molecule has 4 atom stereocenters. The average molecular weight is 1160 g/mol. The molecule has 3 aliphatic carbocycles. The molecule has 8 rings (SSSR count). The second kappa shape index (κ2) is 45.3. The van der Waals surface area contributed by atoms with E-state index in [2.05, 4.69) is 121 Å². The predicted octanol–water partition coefficient (Wildman–Crippen LogP) is 16.3. The van der Waals surface area contributed by atoms with Crippen molar-refractivity contribution in [2.75, 3.05) is 57.2 Å². The van der Waals surface area contributed by atoms with E-state index >= 15 is 0 Å². The van der Waals surface area contributed by atoms with Gasteiger partial charge in [-0.25, -0.2) is 29.9 Å². The number of nitrogens with one attached hydrogen (secondary N) is 3. The number of aromatic nitrogens is 9. The summed E-state index contributed by atoms with van der Waals surface area (Å²) in [5.41, 5.74) is 9.45. The molecule has 0 aromatic carbocycles. The summed E-state index contributed by atoms with van der Waals surface area (Å²) in [5.74, 6) is 5.74. The first-order valence-corrected chi connectivity index (χ1v) is 32.4. The molecule has 3 aliphatic rings. The van der Waals surface area contributed by atoms with Crippen molar-refractivity contribution in [3.05, 3.63) is 60.2 Å². The Kier molecular flexibility index (Phi) is 40.9. The first-order valence-electron chi connectivity index (χ1n) is 32.4. The first kappa shape index (κ1) is 75.9. The highest BCUT2D eigenvalue weighted by atomic mass is 15.1. The van der Waals surface area contributed by atoms with Crippen molar-refractivity contribution in [1.82, 2.24) is 43.6 Å². The van der Waals surface area contributed by atoms with Gasteiger partial charge in [0.05, 0.1) is 58.7 Å². The van der Waals surface area contributed by atoms with Crippen LogP contribution in [0, 0.1) is 30.6 Å². The standard InChI is InChI=1S/C25H37N7.C20H30N6.2C6H12N2.C4H10.3C2H6/c1-17-4-7-19(8-5-17)29-25-24-22(32(16-28-24)21-9-6-18(2)12-21)13-23(30-25)26-11-10-20-14-31(3)15-27-20;1-5-21-19-15(3)24-20(22-9-8-17-12-26(4)13-23-17)25-18(19)11-16-7-6-14(2)10-16;2*1-4-6(8-3)5-7-2;1-3-4-2;3*1-2/h13-19,21H,4-12H2,1-3H3,(H2,26,29,30);5,12-14,16H,6-11H2,1-4H3,(H,22,24,25);2*5H,4H2,1-3H3;3-4H2,1-2H3;3*1-2H3/t17?,18-,19?,21?;14?,16-;;;;;;/m10....../s1. The van der Waals surface area contributed by atoms with Crippen molar-refractivity contribution < 1.29 is 0 Å². The normalized spacial score (nSPS) is 19.2. The number of imidazole rings is 3. The molecule has 2 unspecified atom stereocenters. The third-order valence-corrected chi connectivity index (χ3v) is 14.9. The zero-order valence-electron chi connectivity index (χ0n) is 56.9. The number of hydrogen-bond donors (Lipinski definition) is 3. The lowest BCUT2D eigenvalue weighted by Gasteiger charge is -2.27. The average Bonchev–Trinajstić information content (AvgIpc) is 4.55. The van der Waals surface area contributed by atoms with Gasteiger partial charge in [0.15, 0.2) is 5.82 Å². The Bertz CT molecular complexity index is 2590. The summed E-state index contributed by atoms with van der Waals surface area (Å²) < 4.78 is 6.36. The first-order chi connectivity index (χ1) is 40.7. The van der Waals surface area contributed by atoms with Crippen LogP contribution in [-0.4, -0.2) is 121 Å². The van der Waals surface area contributed by atoms with Crippen LogP contribution in [0.25, 0.3) is 11.0 Å². The van der Waals surface area contributed by atoms with Gasteiger partial charge in [0.2, 0.25) is 5.95 Å². The summed E-state index contributed by atoms with van der Waals surface area (Å²) in [4.78, 5) is 48.2. The van der Waals surface area contributed by atoms with Gasteiger partial charge in [0.1, 0.15) is 17.0 Å².